The standard InChI is InChI=1S/C27H29ClN2O5/c1-15(2)27(20-14-22(31)29(23(20)32)18-9-7-8-17(28)13-18)19-12-16(3)10-11-21(19)30(24(27)33)25(34)35-26(4,5)6/h7-13,15,20H,14H2,1-6H3/t20-,27?/m1/s1. The molecule has 0 N–H and O–H groups in total. The van der Waals surface area contributed by atoms with E-state index in [1.807, 2.05) is 26.8 Å². The Morgan fingerprint density at radius 2 is 1.80 bits per heavy atom. The second-order valence-corrected chi connectivity index (χ2v) is 10.9. The number of imide groups is 2. The summed E-state index contributed by atoms with van der Waals surface area (Å²) in [5.74, 6) is -2.85. The van der Waals surface area contributed by atoms with E-state index in [2.05, 4.69) is 0 Å². The lowest BCUT2D eigenvalue weighted by Gasteiger charge is -2.36. The van der Waals surface area contributed by atoms with E-state index in [0.717, 1.165) is 15.4 Å². The SMILES string of the molecule is Cc1ccc2c(c1)C(C(C)C)([C@@H]1CC(=O)N(c3cccc(Cl)c3)C1=O)C(=O)N2C(=O)OC(C)(C)C. The molecule has 2 aliphatic rings. The average Bonchev–Trinajstić information content (AvgIpc) is 3.16. The Morgan fingerprint density at radius 3 is 2.40 bits per heavy atom. The largest absolute Gasteiger partial charge is 0.443 e. The Bertz CT molecular complexity index is 1250. The third-order valence-electron chi connectivity index (χ3n) is 6.65. The highest BCUT2D eigenvalue weighted by Crippen LogP contribution is 2.54. The van der Waals surface area contributed by atoms with Crippen molar-refractivity contribution in [2.24, 2.45) is 11.8 Å². The molecule has 2 heterocycles. The lowest BCUT2D eigenvalue weighted by molar-refractivity contribution is -0.133. The third kappa shape index (κ3) is 3.92. The van der Waals surface area contributed by atoms with Crippen molar-refractivity contribution in [2.75, 3.05) is 9.80 Å². The summed E-state index contributed by atoms with van der Waals surface area (Å²) < 4.78 is 5.56. The van der Waals surface area contributed by atoms with Gasteiger partial charge in [-0.1, -0.05) is 49.2 Å². The summed E-state index contributed by atoms with van der Waals surface area (Å²) in [6, 6.07) is 11.8. The van der Waals surface area contributed by atoms with E-state index in [1.165, 1.54) is 0 Å². The van der Waals surface area contributed by atoms with Crippen LogP contribution in [0.25, 0.3) is 0 Å². The lowest BCUT2D eigenvalue weighted by atomic mass is 9.63. The minimum Gasteiger partial charge on any atom is -0.443 e. The minimum atomic E-state index is -1.42. The molecular formula is C27H29ClN2O5. The number of hydrogen-bond donors (Lipinski definition) is 0. The summed E-state index contributed by atoms with van der Waals surface area (Å²) in [6.45, 7) is 10.7. The van der Waals surface area contributed by atoms with E-state index in [4.69, 9.17) is 16.3 Å². The van der Waals surface area contributed by atoms with E-state index in [1.54, 1.807) is 57.2 Å². The average molecular weight is 497 g/mol. The number of hydrogen-bond acceptors (Lipinski definition) is 5. The zero-order valence-electron chi connectivity index (χ0n) is 20.7. The van der Waals surface area contributed by atoms with Crippen LogP contribution in [0.3, 0.4) is 0 Å². The van der Waals surface area contributed by atoms with Gasteiger partial charge in [-0.3, -0.25) is 19.3 Å². The zero-order chi connectivity index (χ0) is 25.9. The lowest BCUT2D eigenvalue weighted by Crippen LogP contribution is -2.53. The summed E-state index contributed by atoms with van der Waals surface area (Å²) in [6.07, 6.45) is -0.969. The van der Waals surface area contributed by atoms with Gasteiger partial charge >= 0.3 is 6.09 Å². The van der Waals surface area contributed by atoms with Crippen molar-refractivity contribution in [1.29, 1.82) is 0 Å². The molecule has 1 unspecified atom stereocenters. The fraction of sp³-hybridized carbons (Fsp3) is 0.407. The van der Waals surface area contributed by atoms with Gasteiger partial charge in [0.1, 0.15) is 5.60 Å². The molecule has 35 heavy (non-hydrogen) atoms. The molecule has 2 aromatic carbocycles. The summed E-state index contributed by atoms with van der Waals surface area (Å²) in [4.78, 5) is 56.6. The summed E-state index contributed by atoms with van der Waals surface area (Å²) in [5.41, 5.74) is -0.0806. The van der Waals surface area contributed by atoms with Crippen LogP contribution in [0, 0.1) is 18.8 Å². The number of carbonyl (C=O) groups excluding carboxylic acids is 4. The van der Waals surface area contributed by atoms with Crippen LogP contribution >= 0.6 is 11.6 Å². The topological polar surface area (TPSA) is 84.0 Å². The molecule has 0 aromatic heterocycles. The van der Waals surface area contributed by atoms with Crippen LogP contribution in [-0.2, 0) is 24.5 Å². The van der Waals surface area contributed by atoms with Gasteiger partial charge < -0.3 is 4.74 Å². The van der Waals surface area contributed by atoms with Crippen LogP contribution in [0.1, 0.15) is 52.2 Å². The Morgan fingerprint density at radius 1 is 1.11 bits per heavy atom. The summed E-state index contributed by atoms with van der Waals surface area (Å²) in [7, 11) is 0. The maximum atomic E-state index is 14.2. The highest BCUT2D eigenvalue weighted by molar-refractivity contribution is 6.31. The van der Waals surface area contributed by atoms with Crippen molar-refractivity contribution in [3.05, 3.63) is 58.6 Å². The molecule has 2 aromatic rings. The van der Waals surface area contributed by atoms with Gasteiger partial charge in [0, 0.05) is 11.4 Å². The molecule has 0 bridgehead atoms. The van der Waals surface area contributed by atoms with E-state index < -0.39 is 46.7 Å². The summed E-state index contributed by atoms with van der Waals surface area (Å²) >= 11 is 6.11. The molecule has 7 nitrogen and oxygen atoms in total. The Balaban J connectivity index is 1.88. The number of benzene rings is 2. The third-order valence-corrected chi connectivity index (χ3v) is 6.88. The Hall–Kier alpha value is -3.19. The van der Waals surface area contributed by atoms with E-state index >= 15 is 0 Å². The second-order valence-electron chi connectivity index (χ2n) is 10.5. The maximum Gasteiger partial charge on any atom is 0.421 e. The van der Waals surface area contributed by atoms with Crippen LogP contribution in [0.2, 0.25) is 5.02 Å². The quantitative estimate of drug-likeness (QED) is 0.531. The van der Waals surface area contributed by atoms with E-state index in [0.29, 0.717) is 22.0 Å². The zero-order valence-corrected chi connectivity index (χ0v) is 21.5. The molecule has 0 radical (unpaired) electrons. The monoisotopic (exact) mass is 496 g/mol. The maximum absolute atomic E-state index is 14.2. The molecule has 2 aliphatic heterocycles. The Kier molecular flexibility index (Phi) is 6.04. The van der Waals surface area contributed by atoms with Gasteiger partial charge in [-0.05, 0) is 63.4 Å². The number of halogens is 1. The van der Waals surface area contributed by atoms with Gasteiger partial charge in [-0.2, -0.15) is 0 Å². The number of rotatable bonds is 3. The van der Waals surface area contributed by atoms with Crippen molar-refractivity contribution in [3.8, 4) is 0 Å². The fourth-order valence-electron chi connectivity index (χ4n) is 5.25. The van der Waals surface area contributed by atoms with Crippen molar-refractivity contribution in [2.45, 2.75) is 59.0 Å². The number of amides is 4. The van der Waals surface area contributed by atoms with E-state index in [-0.39, 0.29) is 6.42 Å². The molecule has 184 valence electrons. The number of nitrogens with zero attached hydrogens (tertiary/aromatic N) is 2. The molecule has 0 aliphatic carbocycles. The van der Waals surface area contributed by atoms with Crippen molar-refractivity contribution in [1.82, 2.24) is 0 Å². The van der Waals surface area contributed by atoms with Gasteiger partial charge in [0.25, 0.3) is 0 Å². The highest BCUT2D eigenvalue weighted by Gasteiger charge is 2.64. The van der Waals surface area contributed by atoms with Gasteiger partial charge in [-0.25, -0.2) is 9.69 Å². The first-order valence-electron chi connectivity index (χ1n) is 11.6. The smallest absolute Gasteiger partial charge is 0.421 e. The van der Waals surface area contributed by atoms with Crippen LogP contribution in [-0.4, -0.2) is 29.4 Å². The van der Waals surface area contributed by atoms with Gasteiger partial charge in [0.2, 0.25) is 17.7 Å². The van der Waals surface area contributed by atoms with E-state index in [9.17, 15) is 19.2 Å². The van der Waals surface area contributed by atoms with Crippen LogP contribution in [0.15, 0.2) is 42.5 Å². The number of anilines is 2. The molecule has 0 spiro atoms. The molecule has 0 saturated carbocycles. The molecular weight excluding hydrogens is 468 g/mol. The van der Waals surface area contributed by atoms with Crippen molar-refractivity contribution in [3.63, 3.8) is 0 Å². The number of fused-ring (bicyclic) bond motifs is 1. The van der Waals surface area contributed by atoms with Crippen molar-refractivity contribution < 1.29 is 23.9 Å². The molecule has 1 saturated heterocycles. The molecule has 8 heteroatoms. The molecule has 2 atom stereocenters. The number of aryl methyl sites for hydroxylation is 1. The molecule has 4 amide bonds. The Labute approximate surface area is 210 Å². The minimum absolute atomic E-state index is 0.162. The first-order valence-corrected chi connectivity index (χ1v) is 12.0. The normalized spacial score (nSPS) is 22.3. The summed E-state index contributed by atoms with van der Waals surface area (Å²) in [5, 5.41) is 0.388. The highest BCUT2D eigenvalue weighted by atomic mass is 35.5. The first-order chi connectivity index (χ1) is 16.3. The first kappa shape index (κ1) is 24.9. The fourth-order valence-corrected chi connectivity index (χ4v) is 5.43. The van der Waals surface area contributed by atoms with Crippen molar-refractivity contribution >= 4 is 46.8 Å². The van der Waals surface area contributed by atoms with Gasteiger partial charge in [0.05, 0.1) is 22.7 Å². The number of ether oxygens (including phenoxy) is 1. The predicted octanol–water partition coefficient (Wildman–Crippen LogP) is 5.40. The van der Waals surface area contributed by atoms with Crippen LogP contribution in [0.5, 0.6) is 0 Å². The predicted molar refractivity (Wildman–Crippen MR) is 133 cm³/mol. The van der Waals surface area contributed by atoms with Gasteiger partial charge in [0.15, 0.2) is 0 Å². The van der Waals surface area contributed by atoms with Gasteiger partial charge in [-0.15, -0.1) is 0 Å². The molecule has 4 rings (SSSR count). The number of carbonyl (C=O) groups is 4. The second kappa shape index (κ2) is 8.48. The van der Waals surface area contributed by atoms with Crippen LogP contribution < -0.4 is 9.80 Å². The van der Waals surface area contributed by atoms with Crippen LogP contribution in [0.4, 0.5) is 16.2 Å². The molecule has 1 fully saturated rings.